The van der Waals surface area contributed by atoms with E-state index in [2.05, 4.69) is 6.92 Å². The van der Waals surface area contributed by atoms with Gasteiger partial charge in [0.2, 0.25) is 0 Å². The molecule has 166 valence electrons. The zero-order valence-electron chi connectivity index (χ0n) is 19.4. The van der Waals surface area contributed by atoms with Crippen molar-refractivity contribution in [3.63, 3.8) is 0 Å². The maximum Gasteiger partial charge on any atom is 0.306 e. The topological polar surface area (TPSA) is 46.5 Å². The van der Waals surface area contributed by atoms with Crippen LogP contribution in [0.4, 0.5) is 0 Å². The number of hydrogen-bond donors (Lipinski definition) is 1. The van der Waals surface area contributed by atoms with Gasteiger partial charge >= 0.3 is 5.97 Å². The van der Waals surface area contributed by atoms with E-state index < -0.39 is 5.60 Å². The second-order valence-corrected chi connectivity index (χ2v) is 9.30. The van der Waals surface area contributed by atoms with Crippen molar-refractivity contribution in [2.75, 3.05) is 0 Å². The Bertz CT molecular complexity index is 572. The first-order valence-corrected chi connectivity index (χ1v) is 11.8. The standard InChI is InChI=1S/C26H44O3/c1-5-6-7-8-9-10-11-12-13-14-17-22-18-15-19-23(25(22)28)20-16-21-24(27)29-26(2,3)4/h15,18-19,28H,5-14,16-17,20-21H2,1-4H3. The molecule has 0 bridgehead atoms. The van der Waals surface area contributed by atoms with E-state index in [1.54, 1.807) is 0 Å². The van der Waals surface area contributed by atoms with E-state index in [0.29, 0.717) is 25.0 Å². The van der Waals surface area contributed by atoms with Crippen molar-refractivity contribution < 1.29 is 14.6 Å². The first-order valence-electron chi connectivity index (χ1n) is 11.8. The van der Waals surface area contributed by atoms with Crippen LogP contribution in [0, 0.1) is 0 Å². The van der Waals surface area contributed by atoms with Crippen LogP contribution in [-0.2, 0) is 22.4 Å². The Balaban J connectivity index is 2.23. The van der Waals surface area contributed by atoms with Gasteiger partial charge in [0.05, 0.1) is 0 Å². The number of phenolic OH excluding ortho intramolecular Hbond substituents is 1. The summed E-state index contributed by atoms with van der Waals surface area (Å²) in [5.74, 6) is 0.256. The van der Waals surface area contributed by atoms with Gasteiger partial charge in [0.1, 0.15) is 11.4 Å². The molecule has 0 heterocycles. The van der Waals surface area contributed by atoms with Gasteiger partial charge in [0.25, 0.3) is 0 Å². The third kappa shape index (κ3) is 12.6. The highest BCUT2D eigenvalue weighted by molar-refractivity contribution is 5.69. The largest absolute Gasteiger partial charge is 0.507 e. The third-order valence-electron chi connectivity index (χ3n) is 5.25. The number of aromatic hydroxyl groups is 1. The molecule has 0 fully saturated rings. The molecule has 1 rings (SSSR count). The Labute approximate surface area is 179 Å². The molecule has 0 aliphatic rings. The minimum Gasteiger partial charge on any atom is -0.507 e. The number of para-hydroxylation sites is 1. The first kappa shape index (κ1) is 25.5. The summed E-state index contributed by atoms with van der Waals surface area (Å²) in [5.41, 5.74) is 1.55. The van der Waals surface area contributed by atoms with Gasteiger partial charge in [-0.15, -0.1) is 0 Å². The normalized spacial score (nSPS) is 11.6. The van der Waals surface area contributed by atoms with E-state index >= 15 is 0 Å². The summed E-state index contributed by atoms with van der Waals surface area (Å²) in [6.07, 6.45) is 15.9. The van der Waals surface area contributed by atoms with Gasteiger partial charge in [0.15, 0.2) is 0 Å². The zero-order chi connectivity index (χ0) is 21.5. The molecule has 1 N–H and O–H groups in total. The van der Waals surface area contributed by atoms with Crippen molar-refractivity contribution in [2.45, 2.75) is 123 Å². The number of carbonyl (C=O) groups is 1. The second kappa shape index (κ2) is 14.5. The predicted octanol–water partition coefficient (Wildman–Crippen LogP) is 7.52. The number of unbranched alkanes of at least 4 members (excludes halogenated alkanes) is 9. The van der Waals surface area contributed by atoms with Crippen LogP contribution in [0.5, 0.6) is 5.75 Å². The summed E-state index contributed by atoms with van der Waals surface area (Å²) < 4.78 is 5.35. The summed E-state index contributed by atoms with van der Waals surface area (Å²) in [6.45, 7) is 7.91. The fraction of sp³-hybridized carbons (Fsp3) is 0.731. The van der Waals surface area contributed by atoms with Gasteiger partial charge in [-0.2, -0.15) is 0 Å². The molecule has 0 spiro atoms. The highest BCUT2D eigenvalue weighted by Crippen LogP contribution is 2.26. The van der Waals surface area contributed by atoms with Crippen LogP contribution in [0.25, 0.3) is 0 Å². The number of carbonyl (C=O) groups excluding carboxylic acids is 1. The van der Waals surface area contributed by atoms with Crippen LogP contribution >= 0.6 is 0 Å². The Kier molecular flexibility index (Phi) is 12.7. The number of benzene rings is 1. The van der Waals surface area contributed by atoms with Gasteiger partial charge in [-0.25, -0.2) is 0 Å². The first-order chi connectivity index (χ1) is 13.8. The maximum atomic E-state index is 11.8. The molecule has 0 aromatic heterocycles. The smallest absolute Gasteiger partial charge is 0.306 e. The lowest BCUT2D eigenvalue weighted by Gasteiger charge is -2.19. The number of phenols is 1. The van der Waals surface area contributed by atoms with Crippen molar-refractivity contribution in [3.8, 4) is 5.75 Å². The molecule has 1 aromatic rings. The maximum absolute atomic E-state index is 11.8. The summed E-state index contributed by atoms with van der Waals surface area (Å²) in [6, 6.07) is 6.01. The Hall–Kier alpha value is -1.51. The number of hydrogen-bond acceptors (Lipinski definition) is 3. The predicted molar refractivity (Wildman–Crippen MR) is 122 cm³/mol. The van der Waals surface area contributed by atoms with E-state index in [1.807, 2.05) is 39.0 Å². The highest BCUT2D eigenvalue weighted by Gasteiger charge is 2.16. The molecule has 0 saturated carbocycles. The van der Waals surface area contributed by atoms with Crippen LogP contribution in [0.2, 0.25) is 0 Å². The lowest BCUT2D eigenvalue weighted by atomic mass is 9.99. The van der Waals surface area contributed by atoms with E-state index in [1.165, 1.54) is 57.8 Å². The third-order valence-corrected chi connectivity index (χ3v) is 5.25. The minimum absolute atomic E-state index is 0.168. The van der Waals surface area contributed by atoms with Crippen molar-refractivity contribution in [2.24, 2.45) is 0 Å². The van der Waals surface area contributed by atoms with E-state index in [-0.39, 0.29) is 5.97 Å². The van der Waals surface area contributed by atoms with Crippen LogP contribution in [-0.4, -0.2) is 16.7 Å². The molecule has 0 atom stereocenters. The SMILES string of the molecule is CCCCCCCCCCCCc1cccc(CCCC(=O)OC(C)(C)C)c1O. The van der Waals surface area contributed by atoms with E-state index in [4.69, 9.17) is 4.74 Å². The van der Waals surface area contributed by atoms with Crippen molar-refractivity contribution >= 4 is 5.97 Å². The molecule has 0 aliphatic carbocycles. The van der Waals surface area contributed by atoms with E-state index in [0.717, 1.165) is 24.0 Å². The molecule has 1 aromatic carbocycles. The summed E-state index contributed by atoms with van der Waals surface area (Å²) in [7, 11) is 0. The summed E-state index contributed by atoms with van der Waals surface area (Å²) >= 11 is 0. The van der Waals surface area contributed by atoms with Gasteiger partial charge < -0.3 is 9.84 Å². The van der Waals surface area contributed by atoms with Crippen molar-refractivity contribution in [3.05, 3.63) is 29.3 Å². The van der Waals surface area contributed by atoms with Crippen LogP contribution in [0.3, 0.4) is 0 Å². The fourth-order valence-corrected chi connectivity index (χ4v) is 3.67. The number of ether oxygens (including phenoxy) is 1. The molecule has 29 heavy (non-hydrogen) atoms. The molecular weight excluding hydrogens is 360 g/mol. The molecular formula is C26H44O3. The average Bonchev–Trinajstić information content (AvgIpc) is 2.64. The quantitative estimate of drug-likeness (QED) is 0.243. The number of aryl methyl sites for hydroxylation is 2. The average molecular weight is 405 g/mol. The Morgan fingerprint density at radius 1 is 0.828 bits per heavy atom. The molecule has 3 heteroatoms. The fourth-order valence-electron chi connectivity index (χ4n) is 3.67. The molecule has 0 amide bonds. The van der Waals surface area contributed by atoms with Crippen LogP contribution < -0.4 is 0 Å². The lowest BCUT2D eigenvalue weighted by Crippen LogP contribution is -2.23. The molecule has 0 radical (unpaired) electrons. The minimum atomic E-state index is -0.436. The van der Waals surface area contributed by atoms with Gasteiger partial charge in [-0.05, 0) is 57.6 Å². The van der Waals surface area contributed by atoms with E-state index in [9.17, 15) is 9.90 Å². The highest BCUT2D eigenvalue weighted by atomic mass is 16.6. The van der Waals surface area contributed by atoms with Gasteiger partial charge in [-0.1, -0.05) is 82.9 Å². The van der Waals surface area contributed by atoms with Gasteiger partial charge in [0, 0.05) is 6.42 Å². The Morgan fingerprint density at radius 3 is 1.83 bits per heavy atom. The van der Waals surface area contributed by atoms with Crippen molar-refractivity contribution in [1.29, 1.82) is 0 Å². The molecule has 0 aliphatic heterocycles. The zero-order valence-corrected chi connectivity index (χ0v) is 19.4. The number of rotatable bonds is 15. The number of esters is 1. The molecule has 0 saturated heterocycles. The van der Waals surface area contributed by atoms with Crippen LogP contribution in [0.1, 0.15) is 116 Å². The second-order valence-electron chi connectivity index (χ2n) is 9.30. The van der Waals surface area contributed by atoms with Gasteiger partial charge in [-0.3, -0.25) is 4.79 Å². The summed E-state index contributed by atoms with van der Waals surface area (Å²) in [5, 5.41) is 10.6. The lowest BCUT2D eigenvalue weighted by molar-refractivity contribution is -0.154. The summed E-state index contributed by atoms with van der Waals surface area (Å²) in [4.78, 5) is 11.8. The molecule has 3 nitrogen and oxygen atoms in total. The van der Waals surface area contributed by atoms with Crippen molar-refractivity contribution in [1.82, 2.24) is 0 Å². The monoisotopic (exact) mass is 404 g/mol. The van der Waals surface area contributed by atoms with Crippen LogP contribution in [0.15, 0.2) is 18.2 Å². The Morgan fingerprint density at radius 2 is 1.31 bits per heavy atom. The molecule has 0 unspecified atom stereocenters.